The molecule has 3 rings (SSSR count). The van der Waals surface area contributed by atoms with Gasteiger partial charge in [0.1, 0.15) is 0 Å². The number of morpholine rings is 1. The van der Waals surface area contributed by atoms with Crippen LogP contribution in [0.3, 0.4) is 0 Å². The Bertz CT molecular complexity index is 672. The van der Waals surface area contributed by atoms with E-state index in [4.69, 9.17) is 14.5 Å². The molecule has 2 fully saturated rings. The Morgan fingerprint density at radius 2 is 1.90 bits per heavy atom. The largest absolute Gasteiger partial charge is 0.469 e. The molecule has 0 spiro atoms. The molecule has 1 aromatic rings. The monoisotopic (exact) mass is 516 g/mol. The standard InChI is InChI=1S/C21H32N4O3.HI/c1-3-22-21(25-10-8-17(9-11-25)20(26)27-2)23-16-18-6-4-5-7-19(18)24-12-14-28-15-13-24;/h4-7,17H,3,8-16H2,1-2H3,(H,22,23);1H. The van der Waals surface area contributed by atoms with Crippen molar-refractivity contribution in [1.29, 1.82) is 0 Å². The summed E-state index contributed by atoms with van der Waals surface area (Å²) in [6, 6.07) is 8.48. The van der Waals surface area contributed by atoms with E-state index in [0.29, 0.717) is 6.54 Å². The molecule has 0 unspecified atom stereocenters. The van der Waals surface area contributed by atoms with Gasteiger partial charge in [0, 0.05) is 38.4 Å². The van der Waals surface area contributed by atoms with Gasteiger partial charge in [-0.1, -0.05) is 18.2 Å². The van der Waals surface area contributed by atoms with Crippen molar-refractivity contribution >= 4 is 41.6 Å². The lowest BCUT2D eigenvalue weighted by Gasteiger charge is -2.33. The Morgan fingerprint density at radius 1 is 1.21 bits per heavy atom. The number of anilines is 1. The van der Waals surface area contributed by atoms with Gasteiger partial charge in [0.2, 0.25) is 0 Å². The predicted octanol–water partition coefficient (Wildman–Crippen LogP) is 2.49. The van der Waals surface area contributed by atoms with Crippen molar-refractivity contribution in [3.63, 3.8) is 0 Å². The summed E-state index contributed by atoms with van der Waals surface area (Å²) in [5.74, 6) is 0.829. The smallest absolute Gasteiger partial charge is 0.308 e. The normalized spacial score (nSPS) is 18.2. The second-order valence-electron chi connectivity index (χ2n) is 7.18. The van der Waals surface area contributed by atoms with E-state index < -0.39 is 0 Å². The Labute approximate surface area is 190 Å². The highest BCUT2D eigenvalue weighted by Crippen LogP contribution is 2.23. The number of halogens is 1. The second kappa shape index (κ2) is 12.2. The molecule has 162 valence electrons. The van der Waals surface area contributed by atoms with Gasteiger partial charge >= 0.3 is 5.97 Å². The van der Waals surface area contributed by atoms with Crippen LogP contribution in [0.15, 0.2) is 29.3 Å². The molecule has 0 amide bonds. The topological polar surface area (TPSA) is 66.4 Å². The number of para-hydroxylation sites is 1. The molecule has 1 N–H and O–H groups in total. The fourth-order valence-electron chi connectivity index (χ4n) is 3.84. The minimum atomic E-state index is -0.0963. The molecule has 2 saturated heterocycles. The lowest BCUT2D eigenvalue weighted by Crippen LogP contribution is -2.46. The first-order valence-corrected chi connectivity index (χ1v) is 10.2. The molecular weight excluding hydrogens is 483 g/mol. The van der Waals surface area contributed by atoms with Crippen molar-refractivity contribution in [3.8, 4) is 0 Å². The van der Waals surface area contributed by atoms with Gasteiger partial charge in [0.25, 0.3) is 0 Å². The summed E-state index contributed by atoms with van der Waals surface area (Å²) in [6.45, 7) is 8.55. The number of hydrogen-bond acceptors (Lipinski definition) is 5. The van der Waals surface area contributed by atoms with E-state index in [0.717, 1.165) is 64.7 Å². The van der Waals surface area contributed by atoms with Crippen molar-refractivity contribution in [2.45, 2.75) is 26.3 Å². The maximum atomic E-state index is 11.8. The molecule has 2 heterocycles. The van der Waals surface area contributed by atoms with Crippen LogP contribution in [0, 0.1) is 5.92 Å². The van der Waals surface area contributed by atoms with Crippen LogP contribution in [0.2, 0.25) is 0 Å². The third kappa shape index (κ3) is 6.47. The Balaban J connectivity index is 0.00000300. The minimum absolute atomic E-state index is 0. The zero-order chi connectivity index (χ0) is 19.8. The SMILES string of the molecule is CCNC(=NCc1ccccc1N1CCOCC1)N1CCC(C(=O)OC)CC1.I. The number of rotatable bonds is 5. The number of nitrogens with one attached hydrogen (secondary N) is 1. The van der Waals surface area contributed by atoms with E-state index in [1.165, 1.54) is 18.4 Å². The maximum Gasteiger partial charge on any atom is 0.308 e. The summed E-state index contributed by atoms with van der Waals surface area (Å²) >= 11 is 0. The molecule has 2 aliphatic heterocycles. The number of likely N-dealkylation sites (tertiary alicyclic amines) is 1. The van der Waals surface area contributed by atoms with Crippen LogP contribution in [-0.2, 0) is 20.8 Å². The number of carbonyl (C=O) groups is 1. The van der Waals surface area contributed by atoms with E-state index in [1.807, 2.05) is 0 Å². The van der Waals surface area contributed by atoms with Crippen LogP contribution in [0.4, 0.5) is 5.69 Å². The maximum absolute atomic E-state index is 11.8. The van der Waals surface area contributed by atoms with E-state index >= 15 is 0 Å². The Morgan fingerprint density at radius 3 is 2.55 bits per heavy atom. The Hall–Kier alpha value is -1.55. The van der Waals surface area contributed by atoms with E-state index in [-0.39, 0.29) is 35.9 Å². The molecule has 29 heavy (non-hydrogen) atoms. The number of piperidine rings is 1. The third-order valence-corrected chi connectivity index (χ3v) is 5.41. The third-order valence-electron chi connectivity index (χ3n) is 5.41. The number of methoxy groups -OCH3 is 1. The second-order valence-corrected chi connectivity index (χ2v) is 7.18. The fraction of sp³-hybridized carbons (Fsp3) is 0.619. The zero-order valence-corrected chi connectivity index (χ0v) is 19.8. The number of esters is 1. The van der Waals surface area contributed by atoms with Gasteiger partial charge in [-0.3, -0.25) is 4.79 Å². The number of hydrogen-bond donors (Lipinski definition) is 1. The summed E-state index contributed by atoms with van der Waals surface area (Å²) in [7, 11) is 1.46. The summed E-state index contributed by atoms with van der Waals surface area (Å²) in [6.07, 6.45) is 1.61. The molecule has 1 aromatic carbocycles. The van der Waals surface area contributed by atoms with Gasteiger partial charge in [0.15, 0.2) is 5.96 Å². The fourth-order valence-corrected chi connectivity index (χ4v) is 3.84. The molecule has 7 nitrogen and oxygen atoms in total. The highest BCUT2D eigenvalue weighted by Gasteiger charge is 2.27. The predicted molar refractivity (Wildman–Crippen MR) is 126 cm³/mol. The van der Waals surface area contributed by atoms with E-state index in [9.17, 15) is 4.79 Å². The summed E-state index contributed by atoms with van der Waals surface area (Å²) in [5.41, 5.74) is 2.47. The first-order chi connectivity index (χ1) is 13.7. The van der Waals surface area contributed by atoms with Crippen LogP contribution in [-0.4, -0.2) is 69.9 Å². The number of guanidine groups is 1. The lowest BCUT2D eigenvalue weighted by atomic mass is 9.97. The number of ether oxygens (including phenoxy) is 2. The highest BCUT2D eigenvalue weighted by molar-refractivity contribution is 14.0. The van der Waals surface area contributed by atoms with E-state index in [2.05, 4.69) is 46.3 Å². The van der Waals surface area contributed by atoms with Gasteiger partial charge in [-0.25, -0.2) is 4.99 Å². The van der Waals surface area contributed by atoms with Crippen molar-refractivity contribution < 1.29 is 14.3 Å². The van der Waals surface area contributed by atoms with Crippen molar-refractivity contribution in [2.24, 2.45) is 10.9 Å². The average molecular weight is 516 g/mol. The summed E-state index contributed by atoms with van der Waals surface area (Å²) in [4.78, 5) is 21.3. The summed E-state index contributed by atoms with van der Waals surface area (Å²) < 4.78 is 10.4. The van der Waals surface area contributed by atoms with Gasteiger partial charge in [0.05, 0.1) is 32.8 Å². The van der Waals surface area contributed by atoms with Crippen LogP contribution >= 0.6 is 24.0 Å². The highest BCUT2D eigenvalue weighted by atomic mass is 127. The molecule has 2 aliphatic rings. The van der Waals surface area contributed by atoms with Crippen LogP contribution < -0.4 is 10.2 Å². The minimum Gasteiger partial charge on any atom is -0.469 e. The molecule has 0 saturated carbocycles. The van der Waals surface area contributed by atoms with Crippen molar-refractivity contribution in [2.75, 3.05) is 57.9 Å². The van der Waals surface area contributed by atoms with Crippen molar-refractivity contribution in [1.82, 2.24) is 10.2 Å². The molecule has 0 radical (unpaired) electrons. The van der Waals surface area contributed by atoms with Crippen LogP contribution in [0.25, 0.3) is 0 Å². The van der Waals surface area contributed by atoms with Gasteiger partial charge < -0.3 is 24.6 Å². The van der Waals surface area contributed by atoms with Crippen molar-refractivity contribution in [3.05, 3.63) is 29.8 Å². The number of benzene rings is 1. The summed E-state index contributed by atoms with van der Waals surface area (Å²) in [5, 5.41) is 3.41. The van der Waals surface area contributed by atoms with Gasteiger partial charge in [-0.05, 0) is 31.4 Å². The lowest BCUT2D eigenvalue weighted by molar-refractivity contribution is -0.146. The van der Waals surface area contributed by atoms with Gasteiger partial charge in [-0.2, -0.15) is 0 Å². The van der Waals surface area contributed by atoms with Crippen LogP contribution in [0.5, 0.6) is 0 Å². The number of carbonyl (C=O) groups excluding carboxylic acids is 1. The molecule has 0 aliphatic carbocycles. The quantitative estimate of drug-likeness (QED) is 0.281. The molecule has 0 atom stereocenters. The molecular formula is C21H33IN4O3. The molecule has 0 aromatic heterocycles. The first kappa shape index (κ1) is 23.7. The molecule has 0 bridgehead atoms. The van der Waals surface area contributed by atoms with Gasteiger partial charge in [-0.15, -0.1) is 24.0 Å². The zero-order valence-electron chi connectivity index (χ0n) is 17.4. The first-order valence-electron chi connectivity index (χ1n) is 10.2. The molecule has 8 heteroatoms. The number of aliphatic imine (C=N–C) groups is 1. The number of nitrogens with zero attached hydrogens (tertiary/aromatic N) is 3. The van der Waals surface area contributed by atoms with E-state index in [1.54, 1.807) is 0 Å². The Kier molecular flexibility index (Phi) is 9.99. The van der Waals surface area contributed by atoms with Crippen LogP contribution in [0.1, 0.15) is 25.3 Å². The average Bonchev–Trinajstić information content (AvgIpc) is 2.77.